The van der Waals surface area contributed by atoms with E-state index < -0.39 is 11.9 Å². The number of unbranched alkanes of at least 4 members (excludes halogenated alkanes) is 10. The molecular formula is C28H46O4. The van der Waals surface area contributed by atoms with Crippen molar-refractivity contribution in [1.29, 1.82) is 0 Å². The molecule has 4 heteroatoms. The number of hydrogen-bond donors (Lipinski definition) is 0. The number of rotatable bonds is 19. The largest absolute Gasteiger partial charge is 0.462 e. The summed E-state index contributed by atoms with van der Waals surface area (Å²) in [5, 5.41) is 0. The third-order valence-corrected chi connectivity index (χ3v) is 5.84. The summed E-state index contributed by atoms with van der Waals surface area (Å²) in [6.45, 7) is 6.81. The molecule has 0 spiro atoms. The highest BCUT2D eigenvalue weighted by Gasteiger charge is 2.21. The summed E-state index contributed by atoms with van der Waals surface area (Å²) in [4.78, 5) is 25.2. The van der Waals surface area contributed by atoms with Gasteiger partial charge >= 0.3 is 11.9 Å². The number of carbonyl (C=O) groups excluding carboxylic acids is 2. The molecule has 1 aromatic rings. The van der Waals surface area contributed by atoms with Gasteiger partial charge in [-0.15, -0.1) is 0 Å². The van der Waals surface area contributed by atoms with E-state index in [1.54, 1.807) is 24.3 Å². The van der Waals surface area contributed by atoms with E-state index >= 15 is 0 Å². The van der Waals surface area contributed by atoms with Gasteiger partial charge in [-0.05, 0) is 31.4 Å². The van der Waals surface area contributed by atoms with Crippen molar-refractivity contribution in [2.45, 2.75) is 123 Å². The molecule has 4 nitrogen and oxygen atoms in total. The van der Waals surface area contributed by atoms with Gasteiger partial charge in [-0.1, -0.05) is 110 Å². The van der Waals surface area contributed by atoms with E-state index in [9.17, 15) is 9.59 Å². The van der Waals surface area contributed by atoms with Crippen LogP contribution < -0.4 is 0 Å². The van der Waals surface area contributed by atoms with Crippen molar-refractivity contribution in [2.75, 3.05) is 6.61 Å². The van der Waals surface area contributed by atoms with Gasteiger partial charge in [0, 0.05) is 0 Å². The molecule has 182 valence electrons. The van der Waals surface area contributed by atoms with Gasteiger partial charge in [-0.2, -0.15) is 0 Å². The van der Waals surface area contributed by atoms with E-state index in [0.29, 0.717) is 17.7 Å². The molecule has 0 heterocycles. The zero-order valence-corrected chi connectivity index (χ0v) is 20.8. The number of esters is 2. The van der Waals surface area contributed by atoms with Crippen molar-refractivity contribution >= 4 is 11.9 Å². The van der Waals surface area contributed by atoms with Gasteiger partial charge in [0.2, 0.25) is 0 Å². The highest BCUT2D eigenvalue weighted by atomic mass is 16.5. The van der Waals surface area contributed by atoms with Crippen LogP contribution in [0.4, 0.5) is 0 Å². The van der Waals surface area contributed by atoms with Crippen molar-refractivity contribution in [2.24, 2.45) is 0 Å². The Labute approximate surface area is 196 Å². The standard InChI is InChI=1S/C28H46O4/c1-4-7-8-9-10-11-12-13-14-15-18-23-31-27(29)25-21-16-17-22-26(25)28(30)32-24(19-5-2)20-6-3/h16-17,21-22,24H,4-15,18-20,23H2,1-3H3. The SMILES string of the molecule is CCCCCCCCCCCCCOC(=O)c1ccccc1C(=O)OC(CCC)CCC. The van der Waals surface area contributed by atoms with Crippen LogP contribution in [-0.4, -0.2) is 24.6 Å². The average Bonchev–Trinajstić information content (AvgIpc) is 2.80. The topological polar surface area (TPSA) is 52.6 Å². The molecule has 0 N–H and O–H groups in total. The van der Waals surface area contributed by atoms with Crippen molar-refractivity contribution in [3.63, 3.8) is 0 Å². The van der Waals surface area contributed by atoms with Crippen LogP contribution in [0, 0.1) is 0 Å². The van der Waals surface area contributed by atoms with Gasteiger partial charge < -0.3 is 9.47 Å². The van der Waals surface area contributed by atoms with Gasteiger partial charge in [0.05, 0.1) is 17.7 Å². The number of benzene rings is 1. The fraction of sp³-hybridized carbons (Fsp3) is 0.714. The molecule has 0 atom stereocenters. The van der Waals surface area contributed by atoms with E-state index in [-0.39, 0.29) is 6.10 Å². The second kappa shape index (κ2) is 18.7. The fourth-order valence-corrected chi connectivity index (χ4v) is 3.97. The quantitative estimate of drug-likeness (QED) is 0.158. The van der Waals surface area contributed by atoms with Gasteiger partial charge in [-0.25, -0.2) is 9.59 Å². The normalized spacial score (nSPS) is 11.0. The summed E-state index contributed by atoms with van der Waals surface area (Å²) in [6.07, 6.45) is 17.3. The van der Waals surface area contributed by atoms with Crippen LogP contribution in [-0.2, 0) is 9.47 Å². The van der Waals surface area contributed by atoms with Gasteiger partial charge in [0.15, 0.2) is 0 Å². The Morgan fingerprint density at radius 3 is 1.62 bits per heavy atom. The van der Waals surface area contributed by atoms with Crippen molar-refractivity contribution in [3.05, 3.63) is 35.4 Å². The van der Waals surface area contributed by atoms with Crippen molar-refractivity contribution in [3.8, 4) is 0 Å². The molecule has 0 aliphatic rings. The first-order valence-electron chi connectivity index (χ1n) is 13.1. The first-order chi connectivity index (χ1) is 15.6. The Morgan fingerprint density at radius 1 is 0.656 bits per heavy atom. The van der Waals surface area contributed by atoms with Crippen LogP contribution in [0.2, 0.25) is 0 Å². The van der Waals surface area contributed by atoms with E-state index in [4.69, 9.17) is 9.47 Å². The predicted octanol–water partition coefficient (Wildman–Crippen LogP) is 8.28. The molecule has 0 amide bonds. The maximum atomic E-state index is 12.7. The molecule has 32 heavy (non-hydrogen) atoms. The summed E-state index contributed by atoms with van der Waals surface area (Å²) in [7, 11) is 0. The van der Waals surface area contributed by atoms with Crippen LogP contribution in [0.15, 0.2) is 24.3 Å². The number of hydrogen-bond acceptors (Lipinski definition) is 4. The van der Waals surface area contributed by atoms with E-state index in [2.05, 4.69) is 20.8 Å². The third-order valence-electron chi connectivity index (χ3n) is 5.84. The lowest BCUT2D eigenvalue weighted by atomic mass is 10.1. The van der Waals surface area contributed by atoms with Gasteiger partial charge in [0.1, 0.15) is 6.10 Å². The molecule has 0 fully saturated rings. The maximum absolute atomic E-state index is 12.7. The van der Waals surface area contributed by atoms with Crippen LogP contribution in [0.1, 0.15) is 138 Å². The lowest BCUT2D eigenvalue weighted by Gasteiger charge is -2.17. The zero-order chi connectivity index (χ0) is 23.4. The highest BCUT2D eigenvalue weighted by Crippen LogP contribution is 2.17. The van der Waals surface area contributed by atoms with Gasteiger partial charge in [-0.3, -0.25) is 0 Å². The second-order valence-corrected chi connectivity index (χ2v) is 8.82. The highest BCUT2D eigenvalue weighted by molar-refractivity contribution is 6.03. The van der Waals surface area contributed by atoms with Gasteiger partial charge in [0.25, 0.3) is 0 Å². The first-order valence-corrected chi connectivity index (χ1v) is 13.1. The summed E-state index contributed by atoms with van der Waals surface area (Å²) >= 11 is 0. The molecule has 0 saturated carbocycles. The minimum Gasteiger partial charge on any atom is -0.462 e. The van der Waals surface area contributed by atoms with E-state index in [0.717, 1.165) is 38.5 Å². The molecule has 1 rings (SSSR count). The van der Waals surface area contributed by atoms with Crippen molar-refractivity contribution in [1.82, 2.24) is 0 Å². The van der Waals surface area contributed by atoms with E-state index in [1.165, 1.54) is 57.8 Å². The molecular weight excluding hydrogens is 400 g/mol. The number of carbonyl (C=O) groups is 2. The molecule has 0 aromatic heterocycles. The average molecular weight is 447 g/mol. The summed E-state index contributed by atoms with van der Waals surface area (Å²) in [5.41, 5.74) is 0.598. The minimum absolute atomic E-state index is 0.0992. The Bertz CT molecular complexity index is 620. The molecule has 1 aromatic carbocycles. The Balaban J connectivity index is 2.31. The molecule has 0 aliphatic heterocycles. The Hall–Kier alpha value is -1.84. The summed E-state index contributed by atoms with van der Waals surface area (Å²) in [5.74, 6) is -0.869. The molecule has 0 aliphatic carbocycles. The fourth-order valence-electron chi connectivity index (χ4n) is 3.97. The maximum Gasteiger partial charge on any atom is 0.339 e. The summed E-state index contributed by atoms with van der Waals surface area (Å²) < 4.78 is 11.1. The van der Waals surface area contributed by atoms with E-state index in [1.807, 2.05) is 0 Å². The molecule has 0 saturated heterocycles. The van der Waals surface area contributed by atoms with Crippen LogP contribution in [0.5, 0.6) is 0 Å². The first kappa shape index (κ1) is 28.2. The van der Waals surface area contributed by atoms with Crippen LogP contribution in [0.3, 0.4) is 0 Å². The molecule has 0 bridgehead atoms. The smallest absolute Gasteiger partial charge is 0.339 e. The zero-order valence-electron chi connectivity index (χ0n) is 20.8. The molecule has 0 radical (unpaired) electrons. The van der Waals surface area contributed by atoms with Crippen LogP contribution >= 0.6 is 0 Å². The minimum atomic E-state index is -0.438. The monoisotopic (exact) mass is 446 g/mol. The van der Waals surface area contributed by atoms with Crippen molar-refractivity contribution < 1.29 is 19.1 Å². The lowest BCUT2D eigenvalue weighted by molar-refractivity contribution is 0.0249. The second-order valence-electron chi connectivity index (χ2n) is 8.82. The Kier molecular flexibility index (Phi) is 16.5. The summed E-state index contributed by atoms with van der Waals surface area (Å²) in [6, 6.07) is 6.81. The Morgan fingerprint density at radius 2 is 1.12 bits per heavy atom. The molecule has 0 unspecified atom stereocenters. The number of ether oxygens (including phenoxy) is 2. The van der Waals surface area contributed by atoms with Crippen LogP contribution in [0.25, 0.3) is 0 Å². The third kappa shape index (κ3) is 12.3. The predicted molar refractivity (Wildman–Crippen MR) is 132 cm³/mol. The lowest BCUT2D eigenvalue weighted by Crippen LogP contribution is -2.20.